The maximum atomic E-state index is 13.2. The quantitative estimate of drug-likeness (QED) is 0.396. The second-order valence-electron chi connectivity index (χ2n) is 7.66. The maximum Gasteiger partial charge on any atom is 0.270 e. The van der Waals surface area contributed by atoms with Crippen LogP contribution in [0.4, 0.5) is 17.5 Å². The molecule has 0 bridgehead atoms. The third-order valence-corrected chi connectivity index (χ3v) is 5.38. The van der Waals surface area contributed by atoms with Crippen LogP contribution < -0.4 is 20.3 Å². The Hall–Kier alpha value is -3.89. The molecule has 4 N–H and O–H groups in total. The largest absolute Gasteiger partial charge is 0.508 e. The number of carbonyl (C=O) groups is 1. The zero-order valence-electron chi connectivity index (χ0n) is 18.8. The van der Waals surface area contributed by atoms with Crippen LogP contribution >= 0.6 is 0 Å². The Morgan fingerprint density at radius 2 is 1.91 bits per heavy atom. The van der Waals surface area contributed by atoms with Crippen LogP contribution in [0.1, 0.15) is 21.6 Å². The summed E-state index contributed by atoms with van der Waals surface area (Å²) in [7, 11) is 1.59. The van der Waals surface area contributed by atoms with Gasteiger partial charge in [-0.3, -0.25) is 4.79 Å². The predicted octanol–water partition coefficient (Wildman–Crippen LogP) is 2.19. The number of morpholine rings is 1. The van der Waals surface area contributed by atoms with Crippen LogP contribution in [0.25, 0.3) is 0 Å². The Kier molecular flexibility index (Phi) is 7.41. The summed E-state index contributed by atoms with van der Waals surface area (Å²) in [6.07, 6.45) is 0. The molecule has 2 aromatic carbocycles. The summed E-state index contributed by atoms with van der Waals surface area (Å²) >= 11 is 0. The summed E-state index contributed by atoms with van der Waals surface area (Å²) in [5.41, 5.74) is 1.79. The minimum absolute atomic E-state index is 0.0788. The van der Waals surface area contributed by atoms with Crippen molar-refractivity contribution in [3.05, 3.63) is 65.4 Å². The molecule has 0 aliphatic carbocycles. The highest BCUT2D eigenvalue weighted by Gasteiger charge is 2.23. The maximum absolute atomic E-state index is 13.2. The molecule has 10 heteroatoms. The molecule has 0 saturated carbocycles. The molecule has 1 aliphatic rings. The molecule has 1 aromatic heterocycles. The predicted molar refractivity (Wildman–Crippen MR) is 127 cm³/mol. The average molecular weight is 466 g/mol. The van der Waals surface area contributed by atoms with E-state index in [1.165, 1.54) is 6.07 Å². The summed E-state index contributed by atoms with van der Waals surface area (Å²) < 4.78 is 10.6. The summed E-state index contributed by atoms with van der Waals surface area (Å²) in [5, 5.41) is 25.9. The molecule has 3 aromatic rings. The molecular weight excluding hydrogens is 438 g/mol. The average Bonchev–Trinajstić information content (AvgIpc) is 2.87. The number of nitrogens with zero attached hydrogens (tertiary/aromatic N) is 3. The topological polar surface area (TPSA) is 129 Å². The molecule has 178 valence electrons. The number of aliphatic hydroxyl groups excluding tert-OH is 1. The number of aromatic nitrogens is 2. The first-order valence-corrected chi connectivity index (χ1v) is 10.9. The van der Waals surface area contributed by atoms with Crippen LogP contribution in [0.2, 0.25) is 0 Å². The minimum Gasteiger partial charge on any atom is -0.508 e. The van der Waals surface area contributed by atoms with Crippen molar-refractivity contribution in [2.24, 2.45) is 0 Å². The highest BCUT2D eigenvalue weighted by atomic mass is 16.5. The number of aromatic hydroxyl groups is 1. The van der Waals surface area contributed by atoms with Crippen molar-refractivity contribution in [2.45, 2.75) is 13.2 Å². The number of ether oxygens (including phenoxy) is 2. The van der Waals surface area contributed by atoms with Gasteiger partial charge in [0.05, 0.1) is 32.5 Å². The van der Waals surface area contributed by atoms with Crippen molar-refractivity contribution < 1.29 is 24.5 Å². The van der Waals surface area contributed by atoms with E-state index in [1.54, 1.807) is 25.3 Å². The summed E-state index contributed by atoms with van der Waals surface area (Å²) in [4.78, 5) is 24.2. The van der Waals surface area contributed by atoms with Crippen LogP contribution in [-0.4, -0.2) is 59.5 Å². The smallest absolute Gasteiger partial charge is 0.270 e. The van der Waals surface area contributed by atoms with Gasteiger partial charge in [-0.05, 0) is 29.8 Å². The first-order chi connectivity index (χ1) is 16.6. The molecule has 0 unspecified atom stereocenters. The van der Waals surface area contributed by atoms with Gasteiger partial charge in [0.2, 0.25) is 5.95 Å². The fourth-order valence-electron chi connectivity index (χ4n) is 3.55. The molecule has 1 amide bonds. The van der Waals surface area contributed by atoms with E-state index >= 15 is 0 Å². The number of phenolic OH excluding ortho intramolecular Hbond substituents is 1. The van der Waals surface area contributed by atoms with Crippen molar-refractivity contribution >= 4 is 23.4 Å². The molecule has 2 heterocycles. The molecular formula is C24H27N5O5. The van der Waals surface area contributed by atoms with Gasteiger partial charge in [0.15, 0.2) is 0 Å². The first-order valence-electron chi connectivity index (χ1n) is 10.9. The van der Waals surface area contributed by atoms with Gasteiger partial charge in [-0.1, -0.05) is 18.2 Å². The number of aliphatic hydroxyl groups is 1. The lowest BCUT2D eigenvalue weighted by molar-refractivity contribution is 0.0942. The van der Waals surface area contributed by atoms with Crippen molar-refractivity contribution in [3.8, 4) is 11.5 Å². The standard InChI is InChI=1S/C24H27N5O5/c1-33-19-7-5-16(6-8-19)14-25-23(32)21-20(15-30)22(26-17-3-2-4-18(31)13-17)28-24(27-21)29-9-11-34-12-10-29/h2-8,13,30-31H,9-12,14-15H2,1H3,(H,25,32)(H,26,27,28). The van der Waals surface area contributed by atoms with Gasteiger partial charge >= 0.3 is 0 Å². The van der Waals surface area contributed by atoms with Gasteiger partial charge in [-0.25, -0.2) is 4.98 Å². The molecule has 0 atom stereocenters. The Bertz CT molecular complexity index is 1130. The second-order valence-corrected chi connectivity index (χ2v) is 7.66. The molecule has 0 radical (unpaired) electrons. The minimum atomic E-state index is -0.449. The lowest BCUT2D eigenvalue weighted by atomic mass is 10.1. The first kappa shape index (κ1) is 23.3. The molecule has 1 saturated heterocycles. The number of anilines is 3. The summed E-state index contributed by atoms with van der Waals surface area (Å²) in [6, 6.07) is 13.9. The van der Waals surface area contributed by atoms with Gasteiger partial charge in [0, 0.05) is 31.4 Å². The Morgan fingerprint density at radius 3 is 2.59 bits per heavy atom. The molecule has 0 spiro atoms. The van der Waals surface area contributed by atoms with Gasteiger partial charge in [-0.15, -0.1) is 0 Å². The molecule has 4 rings (SSSR count). The Morgan fingerprint density at radius 1 is 1.15 bits per heavy atom. The van der Waals surface area contributed by atoms with Crippen molar-refractivity contribution in [1.82, 2.24) is 15.3 Å². The number of hydrogen-bond donors (Lipinski definition) is 4. The van der Waals surface area contributed by atoms with Crippen LogP contribution in [0, 0.1) is 0 Å². The highest BCUT2D eigenvalue weighted by molar-refractivity contribution is 5.95. The van der Waals surface area contributed by atoms with Gasteiger partial charge < -0.3 is 35.2 Å². The fourth-order valence-corrected chi connectivity index (χ4v) is 3.55. The van der Waals surface area contributed by atoms with Crippen molar-refractivity contribution in [3.63, 3.8) is 0 Å². The lowest BCUT2D eigenvalue weighted by Gasteiger charge is -2.28. The Labute approximate surface area is 197 Å². The molecule has 10 nitrogen and oxygen atoms in total. The zero-order chi connectivity index (χ0) is 23.9. The summed E-state index contributed by atoms with van der Waals surface area (Å²) in [6.45, 7) is 2.04. The van der Waals surface area contributed by atoms with E-state index < -0.39 is 12.5 Å². The monoisotopic (exact) mass is 465 g/mol. The molecule has 34 heavy (non-hydrogen) atoms. The third kappa shape index (κ3) is 5.53. The van der Waals surface area contributed by atoms with E-state index in [9.17, 15) is 15.0 Å². The van der Waals surface area contributed by atoms with Crippen molar-refractivity contribution in [1.29, 1.82) is 0 Å². The number of nitrogens with one attached hydrogen (secondary N) is 2. The van der Waals surface area contributed by atoms with Gasteiger partial charge in [0.25, 0.3) is 5.91 Å². The number of amides is 1. The normalized spacial score (nSPS) is 13.4. The van der Waals surface area contributed by atoms with E-state index in [0.717, 1.165) is 11.3 Å². The lowest BCUT2D eigenvalue weighted by Crippen LogP contribution is -2.38. The second kappa shape index (κ2) is 10.8. The number of hydrogen-bond acceptors (Lipinski definition) is 9. The van der Waals surface area contributed by atoms with Gasteiger partial charge in [-0.2, -0.15) is 4.98 Å². The van der Waals surface area contributed by atoms with Crippen LogP contribution in [-0.2, 0) is 17.9 Å². The van der Waals surface area contributed by atoms with Gasteiger partial charge in [0.1, 0.15) is 23.0 Å². The third-order valence-electron chi connectivity index (χ3n) is 5.38. The number of benzene rings is 2. The number of rotatable bonds is 8. The molecule has 1 fully saturated rings. The SMILES string of the molecule is COc1ccc(CNC(=O)c2nc(N3CCOCC3)nc(Nc3cccc(O)c3)c2CO)cc1. The van der Waals surface area contributed by atoms with Crippen LogP contribution in [0.5, 0.6) is 11.5 Å². The van der Waals surface area contributed by atoms with E-state index in [1.807, 2.05) is 29.2 Å². The van der Waals surface area contributed by atoms with Crippen molar-refractivity contribution in [2.75, 3.05) is 43.6 Å². The number of carbonyl (C=O) groups excluding carboxylic acids is 1. The molecule has 1 aliphatic heterocycles. The van der Waals surface area contributed by atoms with E-state index in [-0.39, 0.29) is 23.6 Å². The van der Waals surface area contributed by atoms with E-state index in [4.69, 9.17) is 9.47 Å². The zero-order valence-corrected chi connectivity index (χ0v) is 18.8. The van der Waals surface area contributed by atoms with E-state index in [2.05, 4.69) is 20.6 Å². The van der Waals surface area contributed by atoms with Crippen LogP contribution in [0.15, 0.2) is 48.5 Å². The highest BCUT2D eigenvalue weighted by Crippen LogP contribution is 2.26. The number of methoxy groups -OCH3 is 1. The Balaban J connectivity index is 1.64. The summed E-state index contributed by atoms with van der Waals surface area (Å²) in [5.74, 6) is 1.02. The fraction of sp³-hybridized carbons (Fsp3) is 0.292. The van der Waals surface area contributed by atoms with E-state index in [0.29, 0.717) is 43.8 Å². The number of phenols is 1. The van der Waals surface area contributed by atoms with Crippen LogP contribution in [0.3, 0.4) is 0 Å².